The summed E-state index contributed by atoms with van der Waals surface area (Å²) in [5.41, 5.74) is 9.35. The van der Waals surface area contributed by atoms with Crippen molar-refractivity contribution >= 4 is 53.5 Å². The van der Waals surface area contributed by atoms with Crippen LogP contribution in [-0.2, 0) is 14.5 Å². The van der Waals surface area contributed by atoms with Gasteiger partial charge in [0, 0.05) is 0 Å². The molecule has 0 amide bonds. The molecule has 5 rings (SSSR count). The topological polar surface area (TPSA) is 18.5 Å². The maximum absolute atomic E-state index is 7.52. The molecular weight excluding hydrogens is 745 g/mol. The summed E-state index contributed by atoms with van der Waals surface area (Å²) in [6.45, 7) is 37.5. The molecule has 0 aliphatic carbocycles. The van der Waals surface area contributed by atoms with Crippen LogP contribution in [0.1, 0.15) is 40.2 Å². The third-order valence-corrected chi connectivity index (χ3v) is 28.2. The third-order valence-electron chi connectivity index (χ3n) is 12.4. The van der Waals surface area contributed by atoms with E-state index in [-0.39, 0.29) is 10.6 Å². The van der Waals surface area contributed by atoms with Gasteiger partial charge in [-0.25, -0.2) is 0 Å². The smallest absolute Gasteiger partial charge is 0.280 e. The molecule has 0 aliphatic rings. The average molecular weight is 809 g/mol. The van der Waals surface area contributed by atoms with Crippen molar-refractivity contribution in [1.29, 1.82) is 0 Å². The van der Waals surface area contributed by atoms with Crippen LogP contribution >= 0.6 is 0 Å². The quantitative estimate of drug-likeness (QED) is 0.0925. The molecule has 1 atom stereocenters. The fourth-order valence-electron chi connectivity index (χ4n) is 7.90. The van der Waals surface area contributed by atoms with Gasteiger partial charge >= 0.3 is 0 Å². The van der Waals surface area contributed by atoms with E-state index in [1.807, 2.05) is 5.70 Å². The molecular formula is C50H64O2Si4. The van der Waals surface area contributed by atoms with Gasteiger partial charge < -0.3 is 8.85 Å². The third kappa shape index (κ3) is 8.71. The molecule has 2 nitrogen and oxygen atoms in total. The van der Waals surface area contributed by atoms with Crippen LogP contribution in [0.5, 0.6) is 0 Å². The maximum Gasteiger partial charge on any atom is 0.280 e. The molecule has 6 heteroatoms. The summed E-state index contributed by atoms with van der Waals surface area (Å²) in [6, 6.07) is 53.3. The Morgan fingerprint density at radius 3 is 1.11 bits per heavy atom. The first-order valence-electron chi connectivity index (χ1n) is 19.7. The van der Waals surface area contributed by atoms with Crippen LogP contribution in [0.25, 0.3) is 0 Å². The standard InChI is InChI=1S/C31H32OSi2.C19H32OSi2/c1-5-33(27-19-11-7-12-20-27,28-21-13-8-14-22-28)31(3,4)32-34(6-2,29-23-15-9-16-24-29)30-25-17-10-18-26-30;1-10-21(6,7)18(3,4)19(5,20-22(8,9)11-2)17-15-13-12-14-16-17/h5-26H,1-2H2,3-4H3;10-16H,1-2H2,3-9H3. The summed E-state index contributed by atoms with van der Waals surface area (Å²) in [6.07, 6.45) is 0. The van der Waals surface area contributed by atoms with Gasteiger partial charge in [0.25, 0.3) is 8.32 Å². The largest absolute Gasteiger partial charge is 0.404 e. The molecule has 1 unspecified atom stereocenters. The molecule has 0 spiro atoms. The Bertz CT molecular complexity index is 1950. The highest BCUT2D eigenvalue weighted by molar-refractivity contribution is 7.09. The lowest BCUT2D eigenvalue weighted by atomic mass is 9.84. The molecule has 0 aromatic heterocycles. The molecule has 56 heavy (non-hydrogen) atoms. The van der Waals surface area contributed by atoms with E-state index < -0.39 is 38.0 Å². The molecule has 0 saturated carbocycles. The highest BCUT2D eigenvalue weighted by atomic mass is 28.4. The maximum atomic E-state index is 7.52. The van der Waals surface area contributed by atoms with Crippen molar-refractivity contribution in [2.75, 3.05) is 0 Å². The zero-order chi connectivity index (χ0) is 41.3. The second-order valence-corrected chi connectivity index (χ2v) is 33.4. The van der Waals surface area contributed by atoms with Gasteiger partial charge in [-0.2, -0.15) is 0 Å². The molecule has 0 N–H and O–H groups in total. The lowest BCUT2D eigenvalue weighted by Crippen LogP contribution is -2.75. The lowest BCUT2D eigenvalue weighted by molar-refractivity contribution is 0.0357. The summed E-state index contributed by atoms with van der Waals surface area (Å²) in [4.78, 5) is 0. The van der Waals surface area contributed by atoms with E-state index in [2.05, 4.69) is 256 Å². The van der Waals surface area contributed by atoms with Gasteiger partial charge in [-0.3, -0.25) is 0 Å². The minimum absolute atomic E-state index is 0.00359. The van der Waals surface area contributed by atoms with E-state index >= 15 is 0 Å². The highest BCUT2D eigenvalue weighted by Gasteiger charge is 2.55. The zero-order valence-electron chi connectivity index (χ0n) is 35.4. The molecule has 5 aromatic carbocycles. The summed E-state index contributed by atoms with van der Waals surface area (Å²) < 4.78 is 14.3. The van der Waals surface area contributed by atoms with Crippen molar-refractivity contribution in [2.24, 2.45) is 0 Å². The average Bonchev–Trinajstić information content (AvgIpc) is 3.22. The molecule has 0 saturated heterocycles. The van der Waals surface area contributed by atoms with Crippen LogP contribution in [0.2, 0.25) is 31.2 Å². The summed E-state index contributed by atoms with van der Waals surface area (Å²) in [5.74, 6) is 0. The predicted octanol–water partition coefficient (Wildman–Crippen LogP) is 10.9. The van der Waals surface area contributed by atoms with E-state index in [9.17, 15) is 0 Å². The second kappa shape index (κ2) is 18.0. The summed E-state index contributed by atoms with van der Waals surface area (Å²) in [7, 11) is -9.06. The lowest BCUT2D eigenvalue weighted by Gasteiger charge is -2.54. The van der Waals surface area contributed by atoms with Crippen molar-refractivity contribution in [3.8, 4) is 0 Å². The van der Waals surface area contributed by atoms with Crippen LogP contribution in [0.15, 0.2) is 201 Å². The Morgan fingerprint density at radius 1 is 0.429 bits per heavy atom. The monoisotopic (exact) mass is 808 g/mol. The SMILES string of the molecule is C=C[Si](C)(C)OC(C)(c1ccccc1)C(C)(C)[Si](C)(C)C=C.C=C[Si](OC(C)(C)[Si](C=C)(c1ccccc1)c1ccccc1)(c1ccccc1)c1ccccc1. The Hall–Kier alpha value is -4.15. The molecule has 0 aliphatic heterocycles. The number of hydrogen-bond acceptors (Lipinski definition) is 2. The first-order chi connectivity index (χ1) is 26.4. The molecule has 0 bridgehead atoms. The highest BCUT2D eigenvalue weighted by Crippen LogP contribution is 2.55. The predicted molar refractivity (Wildman–Crippen MR) is 256 cm³/mol. The van der Waals surface area contributed by atoms with Crippen molar-refractivity contribution < 1.29 is 8.85 Å². The Kier molecular flexibility index (Phi) is 14.3. The van der Waals surface area contributed by atoms with Crippen LogP contribution in [0.3, 0.4) is 0 Å². The van der Waals surface area contributed by atoms with Gasteiger partial charge in [0.2, 0.25) is 8.32 Å². The van der Waals surface area contributed by atoms with Gasteiger partial charge in [-0.1, -0.05) is 196 Å². The summed E-state index contributed by atoms with van der Waals surface area (Å²) in [5, 5.41) is 4.43. The normalized spacial score (nSPS) is 13.7. The van der Waals surface area contributed by atoms with E-state index in [1.165, 1.54) is 26.3 Å². The minimum atomic E-state index is -2.80. The van der Waals surface area contributed by atoms with Gasteiger partial charge in [-0.15, -0.1) is 32.0 Å². The van der Waals surface area contributed by atoms with Crippen LogP contribution in [0, 0.1) is 0 Å². The van der Waals surface area contributed by atoms with E-state index in [0.717, 1.165) is 0 Å². The van der Waals surface area contributed by atoms with Gasteiger partial charge in [-0.05, 0) is 65.2 Å². The Balaban J connectivity index is 0.000000275. The molecule has 5 aromatic rings. The number of rotatable bonds is 16. The van der Waals surface area contributed by atoms with Crippen molar-refractivity contribution in [2.45, 2.75) is 76.7 Å². The Morgan fingerprint density at radius 2 is 0.786 bits per heavy atom. The number of hydrogen-bond donors (Lipinski definition) is 0. The first-order valence-corrected chi connectivity index (χ1v) is 29.8. The molecule has 0 heterocycles. The first kappa shape index (κ1) is 44.6. The summed E-state index contributed by atoms with van der Waals surface area (Å²) >= 11 is 0. The van der Waals surface area contributed by atoms with E-state index in [1.54, 1.807) is 0 Å². The van der Waals surface area contributed by atoms with Gasteiger partial charge in [0.1, 0.15) is 0 Å². The fraction of sp³-hybridized carbons (Fsp3) is 0.240. The van der Waals surface area contributed by atoms with E-state index in [0.29, 0.717) is 0 Å². The van der Waals surface area contributed by atoms with Crippen LogP contribution in [0.4, 0.5) is 0 Å². The van der Waals surface area contributed by atoms with Crippen LogP contribution in [-0.4, -0.2) is 38.0 Å². The fourth-order valence-corrected chi connectivity index (χ4v) is 20.0. The van der Waals surface area contributed by atoms with Crippen LogP contribution < -0.4 is 20.7 Å². The van der Waals surface area contributed by atoms with Gasteiger partial charge in [0.05, 0.1) is 18.9 Å². The van der Waals surface area contributed by atoms with Crippen molar-refractivity contribution in [3.05, 3.63) is 206 Å². The minimum Gasteiger partial charge on any atom is -0.404 e. The Labute approximate surface area is 343 Å². The van der Waals surface area contributed by atoms with Gasteiger partial charge in [0.15, 0.2) is 8.07 Å². The number of benzene rings is 5. The second-order valence-electron chi connectivity index (χ2n) is 16.9. The van der Waals surface area contributed by atoms with E-state index in [4.69, 9.17) is 8.85 Å². The molecule has 0 fully saturated rings. The zero-order valence-corrected chi connectivity index (χ0v) is 39.4. The van der Waals surface area contributed by atoms with Crippen molar-refractivity contribution in [3.63, 3.8) is 0 Å². The molecule has 0 radical (unpaired) electrons. The molecule has 292 valence electrons. The van der Waals surface area contributed by atoms with Crippen molar-refractivity contribution in [1.82, 2.24) is 0 Å².